The van der Waals surface area contributed by atoms with Gasteiger partial charge in [0.25, 0.3) is 0 Å². The summed E-state index contributed by atoms with van der Waals surface area (Å²) in [5.74, 6) is -0.901. The van der Waals surface area contributed by atoms with Crippen molar-refractivity contribution >= 4 is 11.7 Å². The van der Waals surface area contributed by atoms with Crippen LogP contribution in [0.4, 0.5) is 5.69 Å². The van der Waals surface area contributed by atoms with Crippen molar-refractivity contribution in [3.8, 4) is 0 Å². The number of aryl methyl sites for hydroxylation is 1. The van der Waals surface area contributed by atoms with E-state index in [2.05, 4.69) is 12.2 Å². The summed E-state index contributed by atoms with van der Waals surface area (Å²) in [5.41, 5.74) is 2.05. The molecule has 4 nitrogen and oxygen atoms in total. The van der Waals surface area contributed by atoms with Crippen molar-refractivity contribution in [1.82, 2.24) is 0 Å². The summed E-state index contributed by atoms with van der Waals surface area (Å²) in [5, 5.41) is 12.3. The van der Waals surface area contributed by atoms with Gasteiger partial charge in [-0.15, -0.1) is 0 Å². The van der Waals surface area contributed by atoms with Crippen molar-refractivity contribution in [2.45, 2.75) is 33.1 Å². The quantitative estimate of drug-likeness (QED) is 0.672. The number of ether oxygens (including phenoxy) is 1. The van der Waals surface area contributed by atoms with Crippen molar-refractivity contribution in [1.29, 1.82) is 0 Å². The van der Waals surface area contributed by atoms with Crippen LogP contribution in [-0.4, -0.2) is 30.8 Å². The third kappa shape index (κ3) is 5.75. The maximum absolute atomic E-state index is 11.1. The van der Waals surface area contributed by atoms with E-state index >= 15 is 0 Å². The van der Waals surface area contributed by atoms with E-state index in [1.807, 2.05) is 19.1 Å². The third-order valence-corrected chi connectivity index (χ3v) is 2.83. The fraction of sp³-hybridized carbons (Fsp3) is 0.533. The maximum atomic E-state index is 11.1. The molecule has 1 rings (SSSR count). The summed E-state index contributed by atoms with van der Waals surface area (Å²) in [6.45, 7) is 6.32. The second-order valence-electron chi connectivity index (χ2n) is 4.60. The third-order valence-electron chi connectivity index (χ3n) is 2.83. The molecular weight excluding hydrogens is 242 g/mol. The summed E-state index contributed by atoms with van der Waals surface area (Å²) in [6, 6.07) is 5.31. The number of hydrogen-bond acceptors (Lipinski definition) is 3. The number of unbranched alkanes of at least 4 members (excludes halogenated alkanes) is 1. The van der Waals surface area contributed by atoms with Crippen LogP contribution in [0.5, 0.6) is 0 Å². The van der Waals surface area contributed by atoms with E-state index in [0.717, 1.165) is 38.0 Å². The predicted octanol–water partition coefficient (Wildman–Crippen LogP) is 3.31. The average molecular weight is 265 g/mol. The van der Waals surface area contributed by atoms with Gasteiger partial charge in [-0.3, -0.25) is 0 Å². The fourth-order valence-electron chi connectivity index (χ4n) is 1.74. The lowest BCUT2D eigenvalue weighted by atomic mass is 10.1. The molecule has 4 heteroatoms. The van der Waals surface area contributed by atoms with E-state index in [4.69, 9.17) is 9.84 Å². The molecule has 19 heavy (non-hydrogen) atoms. The summed E-state index contributed by atoms with van der Waals surface area (Å²) < 4.78 is 5.46. The summed E-state index contributed by atoms with van der Waals surface area (Å²) in [7, 11) is 0. The lowest BCUT2D eigenvalue weighted by Crippen LogP contribution is -2.10. The second kappa shape index (κ2) is 8.53. The molecule has 0 heterocycles. The number of rotatable bonds is 9. The summed E-state index contributed by atoms with van der Waals surface area (Å²) >= 11 is 0. The molecule has 0 aromatic heterocycles. The van der Waals surface area contributed by atoms with Crippen LogP contribution < -0.4 is 5.32 Å². The van der Waals surface area contributed by atoms with Crippen LogP contribution in [-0.2, 0) is 4.74 Å². The standard InChI is InChI=1S/C15H23NO3/c1-3-4-9-19-10-5-8-16-14-11-12(2)6-7-13(14)15(17)18/h6-7,11,16H,3-5,8-10H2,1-2H3,(H,17,18). The van der Waals surface area contributed by atoms with E-state index < -0.39 is 5.97 Å². The lowest BCUT2D eigenvalue weighted by Gasteiger charge is -2.10. The highest BCUT2D eigenvalue weighted by Crippen LogP contribution is 2.17. The van der Waals surface area contributed by atoms with Gasteiger partial charge in [-0.05, 0) is 37.5 Å². The molecule has 1 aromatic carbocycles. The highest BCUT2D eigenvalue weighted by atomic mass is 16.5. The SMILES string of the molecule is CCCCOCCCNc1cc(C)ccc1C(=O)O. The molecule has 0 saturated carbocycles. The van der Waals surface area contributed by atoms with Gasteiger partial charge in [0.15, 0.2) is 0 Å². The van der Waals surface area contributed by atoms with Crippen LogP contribution >= 0.6 is 0 Å². The lowest BCUT2D eigenvalue weighted by molar-refractivity contribution is 0.0698. The Hall–Kier alpha value is -1.55. The Morgan fingerprint density at radius 2 is 2.05 bits per heavy atom. The Bertz CT molecular complexity index is 404. The van der Waals surface area contributed by atoms with Gasteiger partial charge in [0.2, 0.25) is 0 Å². The highest BCUT2D eigenvalue weighted by Gasteiger charge is 2.09. The molecule has 0 radical (unpaired) electrons. The van der Waals surface area contributed by atoms with Gasteiger partial charge in [0.1, 0.15) is 0 Å². The van der Waals surface area contributed by atoms with Gasteiger partial charge >= 0.3 is 5.97 Å². The first-order valence-electron chi connectivity index (χ1n) is 6.80. The topological polar surface area (TPSA) is 58.6 Å². The van der Waals surface area contributed by atoms with Crippen LogP contribution in [0.25, 0.3) is 0 Å². The molecule has 106 valence electrons. The van der Waals surface area contributed by atoms with Gasteiger partial charge in [-0.25, -0.2) is 4.79 Å². The van der Waals surface area contributed by atoms with Crippen LogP contribution in [0.15, 0.2) is 18.2 Å². The van der Waals surface area contributed by atoms with E-state index in [9.17, 15) is 4.79 Å². The van der Waals surface area contributed by atoms with Gasteiger partial charge < -0.3 is 15.2 Å². The number of benzene rings is 1. The molecular formula is C15H23NO3. The molecule has 0 aliphatic rings. The van der Waals surface area contributed by atoms with Crippen molar-refractivity contribution < 1.29 is 14.6 Å². The Kier molecular flexibility index (Phi) is 6.97. The number of nitrogens with one attached hydrogen (secondary N) is 1. The molecule has 0 amide bonds. The molecule has 0 aliphatic heterocycles. The van der Waals surface area contributed by atoms with Gasteiger partial charge in [-0.2, -0.15) is 0 Å². The first-order valence-corrected chi connectivity index (χ1v) is 6.80. The minimum absolute atomic E-state index is 0.317. The van der Waals surface area contributed by atoms with Crippen molar-refractivity contribution in [2.24, 2.45) is 0 Å². The maximum Gasteiger partial charge on any atom is 0.337 e. The van der Waals surface area contributed by atoms with Crippen LogP contribution in [0.1, 0.15) is 42.1 Å². The Labute approximate surface area is 114 Å². The van der Waals surface area contributed by atoms with Gasteiger partial charge in [0.05, 0.1) is 5.56 Å². The zero-order valence-electron chi connectivity index (χ0n) is 11.7. The molecule has 2 N–H and O–H groups in total. The Morgan fingerprint density at radius 1 is 1.32 bits per heavy atom. The minimum Gasteiger partial charge on any atom is -0.478 e. The first kappa shape index (κ1) is 15.5. The average Bonchev–Trinajstić information content (AvgIpc) is 2.37. The van der Waals surface area contributed by atoms with Gasteiger partial charge in [-0.1, -0.05) is 19.4 Å². The zero-order valence-corrected chi connectivity index (χ0v) is 11.7. The van der Waals surface area contributed by atoms with E-state index in [1.54, 1.807) is 6.07 Å². The largest absolute Gasteiger partial charge is 0.478 e. The first-order chi connectivity index (χ1) is 9.15. The molecule has 0 fully saturated rings. The zero-order chi connectivity index (χ0) is 14.1. The van der Waals surface area contributed by atoms with Crippen LogP contribution in [0.2, 0.25) is 0 Å². The van der Waals surface area contributed by atoms with E-state index in [-0.39, 0.29) is 0 Å². The number of hydrogen-bond donors (Lipinski definition) is 2. The molecule has 0 unspecified atom stereocenters. The van der Waals surface area contributed by atoms with Gasteiger partial charge in [0, 0.05) is 25.4 Å². The van der Waals surface area contributed by atoms with Crippen molar-refractivity contribution in [3.63, 3.8) is 0 Å². The molecule has 0 bridgehead atoms. The molecule has 0 saturated heterocycles. The number of carbonyl (C=O) groups is 1. The summed E-state index contributed by atoms with van der Waals surface area (Å²) in [6.07, 6.45) is 3.11. The number of carboxylic acids is 1. The highest BCUT2D eigenvalue weighted by molar-refractivity contribution is 5.94. The second-order valence-corrected chi connectivity index (χ2v) is 4.60. The minimum atomic E-state index is -0.901. The predicted molar refractivity (Wildman–Crippen MR) is 77.0 cm³/mol. The van der Waals surface area contributed by atoms with Crippen LogP contribution in [0, 0.1) is 6.92 Å². The molecule has 0 atom stereocenters. The Morgan fingerprint density at radius 3 is 2.74 bits per heavy atom. The van der Waals surface area contributed by atoms with Crippen LogP contribution in [0.3, 0.4) is 0 Å². The number of aromatic carboxylic acids is 1. The molecule has 0 aliphatic carbocycles. The molecule has 0 spiro atoms. The fourth-order valence-corrected chi connectivity index (χ4v) is 1.74. The van der Waals surface area contributed by atoms with E-state index in [1.165, 1.54) is 0 Å². The Balaban J connectivity index is 2.36. The normalized spacial score (nSPS) is 10.4. The molecule has 1 aromatic rings. The monoisotopic (exact) mass is 265 g/mol. The number of anilines is 1. The number of carboxylic acid groups (broad SMARTS) is 1. The van der Waals surface area contributed by atoms with E-state index in [0.29, 0.717) is 17.9 Å². The summed E-state index contributed by atoms with van der Waals surface area (Å²) in [4.78, 5) is 11.1. The smallest absolute Gasteiger partial charge is 0.337 e. The van der Waals surface area contributed by atoms with Crippen molar-refractivity contribution in [2.75, 3.05) is 25.1 Å². The van der Waals surface area contributed by atoms with Crippen molar-refractivity contribution in [3.05, 3.63) is 29.3 Å².